The molecule has 178 valence electrons. The number of aryl methyl sites for hydroxylation is 2. The zero-order valence-corrected chi connectivity index (χ0v) is 20.9. The Hall–Kier alpha value is -2.52. The Morgan fingerprint density at radius 1 is 1.12 bits per heavy atom. The van der Waals surface area contributed by atoms with E-state index in [9.17, 15) is 4.79 Å². The molecule has 10 heteroatoms. The number of nitrogens with one attached hydrogen (secondary N) is 1. The number of hydrogen-bond acceptors (Lipinski definition) is 6. The van der Waals surface area contributed by atoms with Crippen LogP contribution in [0.1, 0.15) is 41.1 Å². The Bertz CT molecular complexity index is 1050. The quantitative estimate of drug-likeness (QED) is 0.633. The maximum atomic E-state index is 13.0. The van der Waals surface area contributed by atoms with Crippen molar-refractivity contribution in [3.05, 3.63) is 34.2 Å². The van der Waals surface area contributed by atoms with Crippen LogP contribution in [0.15, 0.2) is 16.7 Å². The molecule has 2 aliphatic rings. The van der Waals surface area contributed by atoms with Crippen molar-refractivity contribution in [2.24, 2.45) is 5.41 Å². The first-order valence-electron chi connectivity index (χ1n) is 11.0. The summed E-state index contributed by atoms with van der Waals surface area (Å²) in [6, 6.07) is 3.50. The van der Waals surface area contributed by atoms with Crippen molar-refractivity contribution in [2.75, 3.05) is 45.7 Å². The number of aromatic nitrogens is 1. The number of rotatable bonds is 4. The van der Waals surface area contributed by atoms with Crippen molar-refractivity contribution in [3.63, 3.8) is 0 Å². The summed E-state index contributed by atoms with van der Waals surface area (Å²) in [5.74, 6) is 1.74. The fraction of sp³-hybridized carbons (Fsp3) is 0.522. The standard InChI is InChI=1S/C23H29ClN4O4S/c1-14-20(15(2)32-26-14)21(29)27-8-5-23(6-9-27)7-10-28(13-23)22(33)25-17-12-18(30-3)16(24)11-19(17)31-4/h11-12H,5-10,13H2,1-4H3,(H,25,33). The average molecular weight is 493 g/mol. The Labute approximate surface area is 204 Å². The maximum absolute atomic E-state index is 13.0. The van der Waals surface area contributed by atoms with Crippen LogP contribution < -0.4 is 14.8 Å². The molecule has 2 aromatic rings. The number of hydrogen-bond donors (Lipinski definition) is 1. The van der Waals surface area contributed by atoms with Crippen LogP contribution in [0.4, 0.5) is 5.69 Å². The fourth-order valence-electron chi connectivity index (χ4n) is 4.80. The molecule has 2 aliphatic heterocycles. The Kier molecular flexibility index (Phi) is 6.72. The zero-order chi connectivity index (χ0) is 23.8. The number of carbonyl (C=O) groups is 1. The number of likely N-dealkylation sites (tertiary alicyclic amines) is 2. The molecule has 33 heavy (non-hydrogen) atoms. The molecule has 0 atom stereocenters. The second-order valence-electron chi connectivity index (χ2n) is 8.78. The molecular weight excluding hydrogens is 464 g/mol. The van der Waals surface area contributed by atoms with Crippen LogP contribution in [0.25, 0.3) is 0 Å². The van der Waals surface area contributed by atoms with Crippen LogP contribution >= 0.6 is 23.8 Å². The van der Waals surface area contributed by atoms with E-state index in [0.29, 0.717) is 44.3 Å². The first kappa shape index (κ1) is 23.6. The van der Waals surface area contributed by atoms with E-state index in [-0.39, 0.29) is 11.3 Å². The highest BCUT2D eigenvalue weighted by Crippen LogP contribution is 2.42. The molecule has 1 N–H and O–H groups in total. The monoisotopic (exact) mass is 492 g/mol. The number of halogens is 1. The Morgan fingerprint density at radius 2 is 1.76 bits per heavy atom. The summed E-state index contributed by atoms with van der Waals surface area (Å²) < 4.78 is 16.0. The Balaban J connectivity index is 1.38. The molecule has 0 unspecified atom stereocenters. The summed E-state index contributed by atoms with van der Waals surface area (Å²) in [4.78, 5) is 17.1. The highest BCUT2D eigenvalue weighted by Gasteiger charge is 2.42. The lowest BCUT2D eigenvalue weighted by Crippen LogP contribution is -2.45. The van der Waals surface area contributed by atoms with Gasteiger partial charge in [-0.05, 0) is 50.7 Å². The minimum atomic E-state index is 0.0110. The number of carbonyl (C=O) groups excluding carboxylic acids is 1. The van der Waals surface area contributed by atoms with Gasteiger partial charge in [0, 0.05) is 38.3 Å². The van der Waals surface area contributed by atoms with Crippen LogP contribution in [0.5, 0.6) is 11.5 Å². The summed E-state index contributed by atoms with van der Waals surface area (Å²) in [7, 11) is 3.16. The van der Waals surface area contributed by atoms with Gasteiger partial charge in [0.2, 0.25) is 0 Å². The minimum absolute atomic E-state index is 0.0110. The molecule has 0 aliphatic carbocycles. The smallest absolute Gasteiger partial charge is 0.259 e. The molecule has 2 saturated heterocycles. The van der Waals surface area contributed by atoms with Crippen LogP contribution in [0.3, 0.4) is 0 Å². The number of nitrogens with zero attached hydrogens (tertiary/aromatic N) is 3. The third-order valence-corrected chi connectivity index (χ3v) is 7.46. The van der Waals surface area contributed by atoms with Gasteiger partial charge in [0.15, 0.2) is 5.11 Å². The summed E-state index contributed by atoms with van der Waals surface area (Å²) in [6.07, 6.45) is 2.93. The molecule has 2 fully saturated rings. The largest absolute Gasteiger partial charge is 0.495 e. The van der Waals surface area contributed by atoms with Crippen LogP contribution in [0.2, 0.25) is 5.02 Å². The first-order valence-corrected chi connectivity index (χ1v) is 11.7. The van der Waals surface area contributed by atoms with Gasteiger partial charge in [0.05, 0.1) is 30.6 Å². The van der Waals surface area contributed by atoms with Gasteiger partial charge in [0.1, 0.15) is 22.8 Å². The predicted octanol–water partition coefficient (Wildman–Crippen LogP) is 4.29. The first-order chi connectivity index (χ1) is 15.8. The SMILES string of the molecule is COc1cc(NC(=S)N2CCC3(CCN(C(=O)c4c(C)noc4C)CC3)C2)c(OC)cc1Cl. The molecule has 1 amide bonds. The number of ether oxygens (including phenoxy) is 2. The second-order valence-corrected chi connectivity index (χ2v) is 9.57. The van der Waals surface area contributed by atoms with Crippen LogP contribution in [-0.4, -0.2) is 66.4 Å². The lowest BCUT2D eigenvalue weighted by molar-refractivity contribution is 0.0597. The number of piperidine rings is 1. The Morgan fingerprint density at radius 3 is 2.33 bits per heavy atom. The van der Waals surface area contributed by atoms with E-state index < -0.39 is 0 Å². The number of benzene rings is 1. The van der Waals surface area contributed by atoms with E-state index in [1.807, 2.05) is 11.8 Å². The van der Waals surface area contributed by atoms with Gasteiger partial charge in [-0.3, -0.25) is 4.79 Å². The minimum Gasteiger partial charge on any atom is -0.495 e. The molecule has 0 radical (unpaired) electrons. The van der Waals surface area contributed by atoms with Gasteiger partial charge in [-0.25, -0.2) is 0 Å². The van der Waals surface area contributed by atoms with Crippen LogP contribution in [-0.2, 0) is 0 Å². The number of amides is 1. The average Bonchev–Trinajstić information content (AvgIpc) is 3.37. The molecule has 0 bridgehead atoms. The van der Waals surface area contributed by atoms with Crippen molar-refractivity contribution in [1.29, 1.82) is 0 Å². The fourth-order valence-corrected chi connectivity index (χ4v) is 5.30. The van der Waals surface area contributed by atoms with Gasteiger partial charge in [-0.15, -0.1) is 0 Å². The van der Waals surface area contributed by atoms with Crippen LogP contribution in [0, 0.1) is 19.3 Å². The summed E-state index contributed by atoms with van der Waals surface area (Å²) >= 11 is 11.9. The molecule has 3 heterocycles. The summed E-state index contributed by atoms with van der Waals surface area (Å²) in [5, 5.41) is 8.34. The highest BCUT2D eigenvalue weighted by atomic mass is 35.5. The number of anilines is 1. The molecule has 1 aromatic carbocycles. The van der Waals surface area contributed by atoms with Crippen molar-refractivity contribution in [2.45, 2.75) is 33.1 Å². The van der Waals surface area contributed by atoms with E-state index in [1.165, 1.54) is 0 Å². The van der Waals surface area contributed by atoms with E-state index >= 15 is 0 Å². The third kappa shape index (κ3) is 4.61. The van der Waals surface area contributed by atoms with Gasteiger partial charge in [-0.1, -0.05) is 16.8 Å². The lowest BCUT2D eigenvalue weighted by Gasteiger charge is -2.39. The van der Waals surface area contributed by atoms with E-state index in [1.54, 1.807) is 33.3 Å². The predicted molar refractivity (Wildman–Crippen MR) is 131 cm³/mol. The van der Waals surface area contributed by atoms with E-state index in [2.05, 4.69) is 15.4 Å². The summed E-state index contributed by atoms with van der Waals surface area (Å²) in [5.41, 5.74) is 2.11. The van der Waals surface area contributed by atoms with E-state index in [0.717, 1.165) is 45.4 Å². The van der Waals surface area contributed by atoms with E-state index in [4.69, 9.17) is 37.8 Å². The molecular formula is C23H29ClN4O4S. The zero-order valence-electron chi connectivity index (χ0n) is 19.4. The molecule has 8 nitrogen and oxygen atoms in total. The van der Waals surface area contributed by atoms with Crippen molar-refractivity contribution in [3.8, 4) is 11.5 Å². The van der Waals surface area contributed by atoms with Gasteiger partial charge >= 0.3 is 0 Å². The lowest BCUT2D eigenvalue weighted by atomic mass is 9.77. The topological polar surface area (TPSA) is 80.1 Å². The van der Waals surface area contributed by atoms with Crippen molar-refractivity contribution >= 4 is 40.5 Å². The van der Waals surface area contributed by atoms with Gasteiger partial charge in [0.25, 0.3) is 5.91 Å². The second kappa shape index (κ2) is 9.38. The number of thiocarbonyl (C=S) groups is 1. The third-order valence-electron chi connectivity index (χ3n) is 6.80. The highest BCUT2D eigenvalue weighted by molar-refractivity contribution is 7.80. The molecule has 1 spiro atoms. The maximum Gasteiger partial charge on any atom is 0.259 e. The number of methoxy groups -OCH3 is 2. The summed E-state index contributed by atoms with van der Waals surface area (Å²) in [6.45, 7) is 6.77. The van der Waals surface area contributed by atoms with Gasteiger partial charge < -0.3 is 29.1 Å². The molecule has 0 saturated carbocycles. The van der Waals surface area contributed by atoms with Crippen molar-refractivity contribution < 1.29 is 18.8 Å². The van der Waals surface area contributed by atoms with Gasteiger partial charge in [-0.2, -0.15) is 0 Å². The molecule has 4 rings (SSSR count). The molecule has 1 aromatic heterocycles. The normalized spacial score (nSPS) is 17.4. The van der Waals surface area contributed by atoms with Crippen molar-refractivity contribution in [1.82, 2.24) is 15.0 Å².